The van der Waals surface area contributed by atoms with Crippen molar-refractivity contribution in [3.63, 3.8) is 0 Å². The average Bonchev–Trinajstić information content (AvgIpc) is 3.80. The number of aromatic nitrogens is 5. The van der Waals surface area contributed by atoms with Crippen LogP contribution in [-0.2, 0) is 0 Å². The zero-order valence-electron chi connectivity index (χ0n) is 30.6. The molecule has 0 N–H and O–H groups in total. The van der Waals surface area contributed by atoms with E-state index >= 15 is 0 Å². The van der Waals surface area contributed by atoms with Gasteiger partial charge in [0.05, 0.1) is 22.1 Å². The molecule has 0 saturated heterocycles. The van der Waals surface area contributed by atoms with E-state index in [1.807, 2.05) is 60.7 Å². The summed E-state index contributed by atoms with van der Waals surface area (Å²) in [6.07, 6.45) is 0. The van der Waals surface area contributed by atoms with Gasteiger partial charge in [0.2, 0.25) is 0 Å². The quantitative estimate of drug-likeness (QED) is 0.168. The smallest absolute Gasteiger partial charge is 0.164 e. The lowest BCUT2D eigenvalue weighted by Crippen LogP contribution is -2.01. The van der Waals surface area contributed by atoms with Gasteiger partial charge in [-0.1, -0.05) is 149 Å². The minimum atomic E-state index is 0.603. The highest BCUT2D eigenvalue weighted by molar-refractivity contribution is 9.10. The van der Waals surface area contributed by atoms with E-state index < -0.39 is 0 Å². The Morgan fingerprint density at radius 2 is 0.632 bits per heavy atom. The maximum atomic E-state index is 5.08. The molecule has 0 aliphatic heterocycles. The monoisotopic (exact) mass is 793 g/mol. The van der Waals surface area contributed by atoms with E-state index in [0.717, 1.165) is 65.7 Å². The summed E-state index contributed by atoms with van der Waals surface area (Å²) in [5, 5.41) is 4.89. The topological polar surface area (TPSA) is 48.5 Å². The SMILES string of the molecule is Brc1cc(-c2cc(-n3c4ccccc4c4ccccc43)cc(-n3c4ccccc4c4ccccc43)c2)cc(-c2nc(-c3ccccc3)nc(-c3ccccc3)n2)c1. The molecule has 57 heavy (non-hydrogen) atoms. The third-order valence-corrected chi connectivity index (χ3v) is 11.2. The summed E-state index contributed by atoms with van der Waals surface area (Å²) in [4.78, 5) is 15.1. The molecule has 5 nitrogen and oxygen atoms in total. The predicted molar refractivity (Wildman–Crippen MR) is 238 cm³/mol. The van der Waals surface area contributed by atoms with Crippen LogP contribution in [-0.4, -0.2) is 24.1 Å². The van der Waals surface area contributed by atoms with Crippen molar-refractivity contribution in [1.82, 2.24) is 24.1 Å². The summed E-state index contributed by atoms with van der Waals surface area (Å²) in [6.45, 7) is 0. The van der Waals surface area contributed by atoms with Gasteiger partial charge >= 0.3 is 0 Å². The van der Waals surface area contributed by atoms with Crippen LogP contribution in [0.4, 0.5) is 0 Å². The molecule has 8 aromatic carbocycles. The summed E-state index contributed by atoms with van der Waals surface area (Å²) in [7, 11) is 0. The third kappa shape index (κ3) is 5.73. The minimum absolute atomic E-state index is 0.603. The zero-order chi connectivity index (χ0) is 37.9. The van der Waals surface area contributed by atoms with Crippen molar-refractivity contribution in [2.24, 2.45) is 0 Å². The second-order valence-corrected chi connectivity index (χ2v) is 15.2. The first kappa shape index (κ1) is 33.2. The van der Waals surface area contributed by atoms with Crippen molar-refractivity contribution in [2.45, 2.75) is 0 Å². The molecule has 3 aromatic heterocycles. The molecular weight excluding hydrogens is 762 g/mol. The number of para-hydroxylation sites is 4. The van der Waals surface area contributed by atoms with Gasteiger partial charge in [-0.25, -0.2) is 15.0 Å². The van der Waals surface area contributed by atoms with Crippen molar-refractivity contribution in [3.05, 3.63) is 199 Å². The van der Waals surface area contributed by atoms with Crippen LogP contribution in [0.25, 0.3) is 100 Å². The van der Waals surface area contributed by atoms with Crippen LogP contribution in [0.2, 0.25) is 0 Å². The number of nitrogens with zero attached hydrogens (tertiary/aromatic N) is 5. The lowest BCUT2D eigenvalue weighted by Gasteiger charge is -2.16. The van der Waals surface area contributed by atoms with Crippen molar-refractivity contribution in [2.75, 3.05) is 0 Å². The molecule has 268 valence electrons. The molecule has 0 amide bonds. The first-order chi connectivity index (χ1) is 28.2. The Labute approximate surface area is 337 Å². The van der Waals surface area contributed by atoms with Crippen molar-refractivity contribution >= 4 is 59.5 Å². The summed E-state index contributed by atoms with van der Waals surface area (Å²) in [6, 6.07) is 68.3. The standard InChI is InChI=1S/C51H32BrN5/c52-38-28-35(27-37(29-38)51-54-49(33-15-3-1-4-16-33)53-50(55-51)34-17-5-2-6-18-34)36-30-39(56-45-23-11-7-19-41(45)42-20-8-12-24-46(42)56)32-40(31-36)57-47-25-13-9-21-43(47)44-22-10-14-26-48(44)57/h1-32H. The first-order valence-corrected chi connectivity index (χ1v) is 19.8. The van der Waals surface area contributed by atoms with E-state index in [9.17, 15) is 0 Å². The maximum absolute atomic E-state index is 5.08. The molecule has 0 spiro atoms. The van der Waals surface area contributed by atoms with Crippen LogP contribution < -0.4 is 0 Å². The van der Waals surface area contributed by atoms with Gasteiger partial charge < -0.3 is 9.13 Å². The number of hydrogen-bond donors (Lipinski definition) is 0. The van der Waals surface area contributed by atoms with Crippen molar-refractivity contribution in [1.29, 1.82) is 0 Å². The highest BCUT2D eigenvalue weighted by atomic mass is 79.9. The predicted octanol–water partition coefficient (Wildman–Crippen LogP) is 13.5. The van der Waals surface area contributed by atoms with E-state index in [1.54, 1.807) is 0 Å². The largest absolute Gasteiger partial charge is 0.309 e. The number of rotatable bonds is 6. The number of benzene rings is 8. The van der Waals surface area contributed by atoms with Crippen molar-refractivity contribution in [3.8, 4) is 56.7 Å². The average molecular weight is 795 g/mol. The molecule has 0 radical (unpaired) electrons. The zero-order valence-corrected chi connectivity index (χ0v) is 32.2. The highest BCUT2D eigenvalue weighted by Gasteiger charge is 2.19. The second-order valence-electron chi connectivity index (χ2n) is 14.2. The van der Waals surface area contributed by atoms with Gasteiger partial charge in [0.15, 0.2) is 17.5 Å². The molecular formula is C51H32BrN5. The Bertz CT molecular complexity index is 3010. The summed E-state index contributed by atoms with van der Waals surface area (Å²) in [5.74, 6) is 1.86. The van der Waals surface area contributed by atoms with E-state index in [2.05, 4.69) is 159 Å². The number of hydrogen-bond acceptors (Lipinski definition) is 3. The van der Waals surface area contributed by atoms with Gasteiger partial charge in [0.1, 0.15) is 0 Å². The van der Waals surface area contributed by atoms with E-state index in [-0.39, 0.29) is 0 Å². The maximum Gasteiger partial charge on any atom is 0.164 e. The minimum Gasteiger partial charge on any atom is -0.309 e. The first-order valence-electron chi connectivity index (χ1n) is 19.0. The third-order valence-electron chi connectivity index (χ3n) is 10.8. The molecule has 0 atom stereocenters. The Morgan fingerprint density at radius 1 is 0.298 bits per heavy atom. The Balaban J connectivity index is 1.17. The molecule has 0 aliphatic carbocycles. The van der Waals surface area contributed by atoms with Crippen LogP contribution in [0.3, 0.4) is 0 Å². The number of halogens is 1. The molecule has 6 heteroatoms. The Hall–Kier alpha value is -7.15. The van der Waals surface area contributed by atoms with Crippen LogP contribution in [0.1, 0.15) is 0 Å². The van der Waals surface area contributed by atoms with Crippen molar-refractivity contribution < 1.29 is 0 Å². The molecule has 0 fully saturated rings. The van der Waals surface area contributed by atoms with Crippen LogP contribution >= 0.6 is 15.9 Å². The summed E-state index contributed by atoms with van der Waals surface area (Å²) >= 11 is 3.90. The van der Waals surface area contributed by atoms with Gasteiger partial charge in [-0.2, -0.15) is 0 Å². The van der Waals surface area contributed by atoms with E-state index in [0.29, 0.717) is 17.5 Å². The lowest BCUT2D eigenvalue weighted by molar-refractivity contribution is 1.07. The van der Waals surface area contributed by atoms with Gasteiger partial charge in [-0.3, -0.25) is 0 Å². The van der Waals surface area contributed by atoms with Crippen LogP contribution in [0.5, 0.6) is 0 Å². The van der Waals surface area contributed by atoms with Gasteiger partial charge in [0.25, 0.3) is 0 Å². The molecule has 0 aliphatic rings. The molecule has 11 aromatic rings. The molecule has 0 bridgehead atoms. The number of fused-ring (bicyclic) bond motifs is 6. The molecule has 11 rings (SSSR count). The fourth-order valence-corrected chi connectivity index (χ4v) is 8.74. The summed E-state index contributed by atoms with van der Waals surface area (Å²) < 4.78 is 5.72. The Kier molecular flexibility index (Phi) is 7.90. The molecule has 0 saturated carbocycles. The highest BCUT2D eigenvalue weighted by Crippen LogP contribution is 2.39. The molecule has 3 heterocycles. The second kappa shape index (κ2) is 13.6. The van der Waals surface area contributed by atoms with E-state index in [1.165, 1.54) is 21.5 Å². The van der Waals surface area contributed by atoms with Crippen LogP contribution in [0, 0.1) is 0 Å². The van der Waals surface area contributed by atoms with Gasteiger partial charge in [-0.15, -0.1) is 0 Å². The van der Waals surface area contributed by atoms with Crippen LogP contribution in [0.15, 0.2) is 199 Å². The van der Waals surface area contributed by atoms with Gasteiger partial charge in [-0.05, 0) is 71.8 Å². The fraction of sp³-hybridized carbons (Fsp3) is 0. The normalized spacial score (nSPS) is 11.6. The van der Waals surface area contributed by atoms with Gasteiger partial charge in [0, 0.05) is 54.1 Å². The lowest BCUT2D eigenvalue weighted by atomic mass is 10.0. The fourth-order valence-electron chi connectivity index (χ4n) is 8.24. The Morgan fingerprint density at radius 3 is 1.05 bits per heavy atom. The summed E-state index contributed by atoms with van der Waals surface area (Å²) in [5.41, 5.74) is 11.6. The van der Waals surface area contributed by atoms with E-state index in [4.69, 9.17) is 15.0 Å². The molecule has 0 unspecified atom stereocenters.